The highest BCUT2D eigenvalue weighted by Crippen LogP contribution is 2.17. The fraction of sp³-hybridized carbons (Fsp3) is 0.158. The Morgan fingerprint density at radius 3 is 2.78 bits per heavy atom. The number of ether oxygens (including phenoxy) is 2. The van der Waals surface area contributed by atoms with Crippen molar-refractivity contribution in [1.29, 1.82) is 0 Å². The van der Waals surface area contributed by atoms with Crippen LogP contribution >= 0.6 is 0 Å². The van der Waals surface area contributed by atoms with Gasteiger partial charge in [0.2, 0.25) is 0 Å². The molecule has 0 N–H and O–H groups in total. The summed E-state index contributed by atoms with van der Waals surface area (Å²) >= 11 is 0. The molecular weight excluding hydrogens is 290 g/mol. The van der Waals surface area contributed by atoms with Crippen LogP contribution in [0.5, 0.6) is 5.75 Å². The van der Waals surface area contributed by atoms with Crippen LogP contribution in [0.2, 0.25) is 0 Å². The molecular formula is C19H17NO3. The lowest BCUT2D eigenvalue weighted by Crippen LogP contribution is -2.04. The van der Waals surface area contributed by atoms with Gasteiger partial charge in [-0.2, -0.15) is 0 Å². The summed E-state index contributed by atoms with van der Waals surface area (Å²) in [6, 6.07) is 19.4. The highest BCUT2D eigenvalue weighted by molar-refractivity contribution is 5.78. The molecule has 0 atom stereocenters. The number of carbonyl (C=O) groups is 1. The third-order valence-corrected chi connectivity index (χ3v) is 3.52. The van der Waals surface area contributed by atoms with Crippen molar-refractivity contribution in [2.45, 2.75) is 13.0 Å². The lowest BCUT2D eigenvalue weighted by molar-refractivity contribution is -0.139. The molecule has 3 aromatic rings. The first-order valence-corrected chi connectivity index (χ1v) is 7.38. The largest absolute Gasteiger partial charge is 0.487 e. The minimum absolute atomic E-state index is 0.238. The Hall–Kier alpha value is -2.88. The normalized spacial score (nSPS) is 10.5. The molecule has 4 nitrogen and oxygen atoms in total. The van der Waals surface area contributed by atoms with Crippen molar-refractivity contribution in [3.8, 4) is 5.75 Å². The average molecular weight is 307 g/mol. The number of nitrogens with zero attached hydrogens (tertiary/aromatic N) is 1. The van der Waals surface area contributed by atoms with Gasteiger partial charge in [-0.25, -0.2) is 4.98 Å². The van der Waals surface area contributed by atoms with Crippen molar-refractivity contribution in [3.63, 3.8) is 0 Å². The van der Waals surface area contributed by atoms with Gasteiger partial charge in [-0.1, -0.05) is 36.4 Å². The highest BCUT2D eigenvalue weighted by Gasteiger charge is 2.05. The summed E-state index contributed by atoms with van der Waals surface area (Å²) in [6.45, 7) is 0.381. The molecule has 1 aromatic heterocycles. The second kappa shape index (κ2) is 6.92. The van der Waals surface area contributed by atoms with Crippen molar-refractivity contribution in [3.05, 3.63) is 71.9 Å². The fourth-order valence-corrected chi connectivity index (χ4v) is 2.33. The van der Waals surface area contributed by atoms with E-state index in [4.69, 9.17) is 4.74 Å². The molecule has 2 aromatic carbocycles. The molecule has 0 fully saturated rings. The SMILES string of the molecule is COC(=O)Cc1cccc(OCc2ccc3ccccc3n2)c1. The van der Waals surface area contributed by atoms with Crippen LogP contribution in [0.15, 0.2) is 60.7 Å². The van der Waals surface area contributed by atoms with Crippen LogP contribution in [0.4, 0.5) is 0 Å². The third-order valence-electron chi connectivity index (χ3n) is 3.52. The van der Waals surface area contributed by atoms with Gasteiger partial charge < -0.3 is 9.47 Å². The number of aromatic nitrogens is 1. The number of rotatable bonds is 5. The number of hydrogen-bond donors (Lipinski definition) is 0. The number of carbonyl (C=O) groups excluding carboxylic acids is 1. The zero-order chi connectivity index (χ0) is 16.1. The summed E-state index contributed by atoms with van der Waals surface area (Å²) in [5.74, 6) is 0.444. The second-order valence-electron chi connectivity index (χ2n) is 5.18. The second-order valence-corrected chi connectivity index (χ2v) is 5.18. The van der Waals surface area contributed by atoms with Crippen LogP contribution in [0.3, 0.4) is 0 Å². The Kier molecular flexibility index (Phi) is 4.52. The van der Waals surface area contributed by atoms with Crippen LogP contribution in [-0.4, -0.2) is 18.1 Å². The molecule has 0 saturated heterocycles. The fourth-order valence-electron chi connectivity index (χ4n) is 2.33. The number of methoxy groups -OCH3 is 1. The zero-order valence-corrected chi connectivity index (χ0v) is 12.9. The minimum Gasteiger partial charge on any atom is -0.487 e. The molecule has 0 saturated carbocycles. The average Bonchev–Trinajstić information content (AvgIpc) is 2.60. The maximum Gasteiger partial charge on any atom is 0.309 e. The van der Waals surface area contributed by atoms with Gasteiger partial charge in [0.05, 0.1) is 24.7 Å². The molecule has 1 heterocycles. The van der Waals surface area contributed by atoms with Gasteiger partial charge in [-0.3, -0.25) is 4.79 Å². The monoisotopic (exact) mass is 307 g/mol. The van der Waals surface area contributed by atoms with Crippen LogP contribution in [0, 0.1) is 0 Å². The molecule has 0 unspecified atom stereocenters. The first-order valence-electron chi connectivity index (χ1n) is 7.38. The number of esters is 1. The summed E-state index contributed by atoms with van der Waals surface area (Å²) < 4.78 is 10.5. The Bertz CT molecular complexity index is 829. The first-order chi connectivity index (χ1) is 11.2. The van der Waals surface area contributed by atoms with Crippen LogP contribution < -0.4 is 4.74 Å². The van der Waals surface area contributed by atoms with Crippen molar-refractivity contribution >= 4 is 16.9 Å². The van der Waals surface area contributed by atoms with E-state index in [1.54, 1.807) is 0 Å². The maximum absolute atomic E-state index is 11.3. The quantitative estimate of drug-likeness (QED) is 0.677. The topological polar surface area (TPSA) is 48.4 Å². The highest BCUT2D eigenvalue weighted by atomic mass is 16.5. The standard InChI is InChI=1S/C19H17NO3/c1-22-19(21)12-14-5-4-7-17(11-14)23-13-16-10-9-15-6-2-3-8-18(15)20-16/h2-11H,12-13H2,1H3. The molecule has 0 bridgehead atoms. The molecule has 3 rings (SSSR count). The van der Waals surface area contributed by atoms with Gasteiger partial charge in [0, 0.05) is 5.39 Å². The molecule has 0 amide bonds. The van der Waals surface area contributed by atoms with E-state index < -0.39 is 0 Å². The predicted molar refractivity (Wildman–Crippen MR) is 88.2 cm³/mol. The lowest BCUT2D eigenvalue weighted by atomic mass is 10.1. The van der Waals surface area contributed by atoms with Gasteiger partial charge in [0.15, 0.2) is 0 Å². The van der Waals surface area contributed by atoms with Gasteiger partial charge >= 0.3 is 5.97 Å². The molecule has 4 heteroatoms. The predicted octanol–water partition coefficient (Wildman–Crippen LogP) is 3.53. The van der Waals surface area contributed by atoms with Gasteiger partial charge in [0.25, 0.3) is 0 Å². The first kappa shape index (κ1) is 15.0. The number of pyridine rings is 1. The summed E-state index contributed by atoms with van der Waals surface area (Å²) in [6.07, 6.45) is 0.238. The molecule has 0 aliphatic heterocycles. The van der Waals surface area contributed by atoms with Gasteiger partial charge in [0.1, 0.15) is 12.4 Å². The summed E-state index contributed by atoms with van der Waals surface area (Å²) in [7, 11) is 1.38. The third kappa shape index (κ3) is 3.86. The Labute approximate surface area is 134 Å². The Morgan fingerprint density at radius 1 is 1.04 bits per heavy atom. The molecule has 0 aliphatic carbocycles. The Balaban J connectivity index is 1.69. The summed E-state index contributed by atoms with van der Waals surface area (Å²) in [4.78, 5) is 15.9. The number of benzene rings is 2. The molecule has 23 heavy (non-hydrogen) atoms. The maximum atomic E-state index is 11.3. The van der Waals surface area contributed by atoms with E-state index >= 15 is 0 Å². The van der Waals surface area contributed by atoms with Crippen LogP contribution in [0.25, 0.3) is 10.9 Å². The number of hydrogen-bond acceptors (Lipinski definition) is 4. The van der Waals surface area contributed by atoms with Crippen LogP contribution in [0.1, 0.15) is 11.3 Å². The van der Waals surface area contributed by atoms with E-state index in [0.717, 1.165) is 22.2 Å². The van der Waals surface area contributed by atoms with E-state index in [-0.39, 0.29) is 12.4 Å². The Morgan fingerprint density at radius 2 is 1.91 bits per heavy atom. The van der Waals surface area contributed by atoms with E-state index in [1.165, 1.54) is 7.11 Å². The summed E-state index contributed by atoms with van der Waals surface area (Å²) in [5.41, 5.74) is 2.68. The van der Waals surface area contributed by atoms with Crippen molar-refractivity contribution in [2.75, 3.05) is 7.11 Å². The number of fused-ring (bicyclic) bond motifs is 1. The molecule has 0 radical (unpaired) electrons. The van der Waals surface area contributed by atoms with Crippen molar-refractivity contribution < 1.29 is 14.3 Å². The smallest absolute Gasteiger partial charge is 0.309 e. The molecule has 0 spiro atoms. The van der Waals surface area contributed by atoms with Gasteiger partial charge in [-0.05, 0) is 29.8 Å². The lowest BCUT2D eigenvalue weighted by Gasteiger charge is -2.08. The minimum atomic E-state index is -0.265. The van der Waals surface area contributed by atoms with E-state index in [0.29, 0.717) is 12.4 Å². The van der Waals surface area contributed by atoms with Gasteiger partial charge in [-0.15, -0.1) is 0 Å². The van der Waals surface area contributed by atoms with E-state index in [2.05, 4.69) is 9.72 Å². The van der Waals surface area contributed by atoms with Crippen molar-refractivity contribution in [1.82, 2.24) is 4.98 Å². The molecule has 116 valence electrons. The summed E-state index contributed by atoms with van der Waals surface area (Å²) in [5, 5.41) is 1.11. The van der Waals surface area contributed by atoms with Crippen LogP contribution in [-0.2, 0) is 22.6 Å². The van der Waals surface area contributed by atoms with E-state index in [9.17, 15) is 4.79 Å². The van der Waals surface area contributed by atoms with E-state index in [1.807, 2.05) is 60.7 Å². The number of para-hydroxylation sites is 1. The van der Waals surface area contributed by atoms with Crippen molar-refractivity contribution in [2.24, 2.45) is 0 Å². The zero-order valence-electron chi connectivity index (χ0n) is 12.9. The molecule has 0 aliphatic rings.